The van der Waals surface area contributed by atoms with E-state index in [0.29, 0.717) is 25.0 Å². The van der Waals surface area contributed by atoms with Crippen molar-refractivity contribution in [2.24, 2.45) is 0 Å². The molecule has 4 heteroatoms. The Kier molecular flexibility index (Phi) is 2.98. The van der Waals surface area contributed by atoms with Crippen LogP contribution < -0.4 is 0 Å². The molecule has 0 aromatic heterocycles. The Morgan fingerprint density at radius 2 is 1.87 bits per heavy atom. The average molecular weight is 214 g/mol. The Bertz CT molecular complexity index is 334. The molecule has 2 atom stereocenters. The van der Waals surface area contributed by atoms with E-state index in [2.05, 4.69) is 0 Å². The minimum absolute atomic E-state index is 0.392. The molecular weight excluding hydrogens is 202 g/mol. The molecule has 0 amide bonds. The van der Waals surface area contributed by atoms with Gasteiger partial charge in [0, 0.05) is 19.1 Å². The van der Waals surface area contributed by atoms with E-state index >= 15 is 0 Å². The molecule has 0 saturated carbocycles. The molecule has 0 aliphatic carbocycles. The maximum Gasteiger partial charge on any atom is 0.126 e. The lowest BCUT2D eigenvalue weighted by Crippen LogP contribution is -2.23. The summed E-state index contributed by atoms with van der Waals surface area (Å²) in [6.45, 7) is 0.421. The van der Waals surface area contributed by atoms with Crippen LogP contribution in [0.4, 0.5) is 8.78 Å². The average Bonchev–Trinajstić information content (AvgIpc) is 2.16. The highest BCUT2D eigenvalue weighted by Crippen LogP contribution is 2.28. The number of rotatable bonds is 1. The SMILES string of the molecule is OC1CCOC(c2cc(F)cc(F)c2)C1. The standard InChI is InChI=1S/C11H12F2O2/c12-8-3-7(4-9(13)5-8)11-6-10(14)1-2-15-11/h3-5,10-11,14H,1-2,6H2. The van der Waals surface area contributed by atoms with Crippen LogP contribution in [0.5, 0.6) is 0 Å². The maximum absolute atomic E-state index is 12.9. The molecule has 15 heavy (non-hydrogen) atoms. The highest BCUT2D eigenvalue weighted by atomic mass is 19.1. The molecule has 0 radical (unpaired) electrons. The molecule has 2 nitrogen and oxygen atoms in total. The van der Waals surface area contributed by atoms with Crippen LogP contribution >= 0.6 is 0 Å². The number of hydrogen-bond acceptors (Lipinski definition) is 2. The Morgan fingerprint density at radius 1 is 1.20 bits per heavy atom. The van der Waals surface area contributed by atoms with Crippen molar-refractivity contribution in [1.82, 2.24) is 0 Å². The van der Waals surface area contributed by atoms with E-state index in [1.165, 1.54) is 12.1 Å². The van der Waals surface area contributed by atoms with E-state index in [-0.39, 0.29) is 0 Å². The van der Waals surface area contributed by atoms with Gasteiger partial charge in [0.25, 0.3) is 0 Å². The second-order valence-electron chi connectivity index (χ2n) is 3.74. The molecule has 1 aromatic rings. The van der Waals surface area contributed by atoms with Gasteiger partial charge in [-0.2, -0.15) is 0 Å². The molecule has 2 rings (SSSR count). The monoisotopic (exact) mass is 214 g/mol. The van der Waals surface area contributed by atoms with Crippen molar-refractivity contribution < 1.29 is 18.6 Å². The molecule has 1 heterocycles. The lowest BCUT2D eigenvalue weighted by Gasteiger charge is -2.26. The first-order chi connectivity index (χ1) is 7.15. The topological polar surface area (TPSA) is 29.5 Å². The number of halogens is 2. The number of aliphatic hydroxyl groups is 1. The number of ether oxygens (including phenoxy) is 1. The van der Waals surface area contributed by atoms with Gasteiger partial charge in [0.05, 0.1) is 12.2 Å². The molecule has 0 bridgehead atoms. The fraction of sp³-hybridized carbons (Fsp3) is 0.455. The smallest absolute Gasteiger partial charge is 0.126 e. The van der Waals surface area contributed by atoms with Gasteiger partial charge in [-0.3, -0.25) is 0 Å². The third kappa shape index (κ3) is 2.52. The molecule has 1 N–H and O–H groups in total. The summed E-state index contributed by atoms with van der Waals surface area (Å²) in [7, 11) is 0. The number of hydrogen-bond donors (Lipinski definition) is 1. The number of benzene rings is 1. The summed E-state index contributed by atoms with van der Waals surface area (Å²) >= 11 is 0. The molecular formula is C11H12F2O2. The summed E-state index contributed by atoms with van der Waals surface area (Å²) < 4.78 is 31.2. The second-order valence-corrected chi connectivity index (χ2v) is 3.74. The van der Waals surface area contributed by atoms with Crippen molar-refractivity contribution in [3.8, 4) is 0 Å². The van der Waals surface area contributed by atoms with Crippen molar-refractivity contribution >= 4 is 0 Å². The second kappa shape index (κ2) is 4.24. The van der Waals surface area contributed by atoms with E-state index in [0.717, 1.165) is 6.07 Å². The van der Waals surface area contributed by atoms with Crippen molar-refractivity contribution in [3.63, 3.8) is 0 Å². The predicted octanol–water partition coefficient (Wildman–Crippen LogP) is 2.18. The summed E-state index contributed by atoms with van der Waals surface area (Å²) in [6, 6.07) is 3.31. The van der Waals surface area contributed by atoms with Gasteiger partial charge in [-0.25, -0.2) is 8.78 Å². The van der Waals surface area contributed by atoms with Crippen LogP contribution in [0.15, 0.2) is 18.2 Å². The highest BCUT2D eigenvalue weighted by molar-refractivity contribution is 5.20. The lowest BCUT2D eigenvalue weighted by atomic mass is 9.99. The van der Waals surface area contributed by atoms with Gasteiger partial charge in [-0.15, -0.1) is 0 Å². The summed E-state index contributed by atoms with van der Waals surface area (Å²) in [5.41, 5.74) is 0.450. The first kappa shape index (κ1) is 10.5. The molecule has 2 unspecified atom stereocenters. The minimum atomic E-state index is -0.617. The molecule has 82 valence electrons. The Morgan fingerprint density at radius 3 is 2.47 bits per heavy atom. The Balaban J connectivity index is 2.20. The van der Waals surface area contributed by atoms with Gasteiger partial charge >= 0.3 is 0 Å². The van der Waals surface area contributed by atoms with E-state index in [4.69, 9.17) is 4.74 Å². The van der Waals surface area contributed by atoms with E-state index in [1.54, 1.807) is 0 Å². The number of aliphatic hydroxyl groups excluding tert-OH is 1. The minimum Gasteiger partial charge on any atom is -0.393 e. The summed E-state index contributed by atoms with van der Waals surface area (Å²) in [6.07, 6.45) is 0.117. The van der Waals surface area contributed by atoms with Crippen LogP contribution in [0, 0.1) is 11.6 Å². The van der Waals surface area contributed by atoms with E-state index < -0.39 is 23.8 Å². The molecule has 1 fully saturated rings. The summed E-state index contributed by atoms with van der Waals surface area (Å²) in [5.74, 6) is -1.23. The van der Waals surface area contributed by atoms with Gasteiger partial charge in [0.15, 0.2) is 0 Å². The quantitative estimate of drug-likeness (QED) is 0.776. The molecule has 1 aliphatic rings. The third-order valence-corrected chi connectivity index (χ3v) is 2.51. The first-order valence-corrected chi connectivity index (χ1v) is 4.91. The van der Waals surface area contributed by atoms with Crippen LogP contribution in [0.25, 0.3) is 0 Å². The van der Waals surface area contributed by atoms with Gasteiger partial charge in [0.1, 0.15) is 11.6 Å². The van der Waals surface area contributed by atoms with Gasteiger partial charge in [0.2, 0.25) is 0 Å². The van der Waals surface area contributed by atoms with Crippen molar-refractivity contribution in [2.75, 3.05) is 6.61 Å². The largest absolute Gasteiger partial charge is 0.393 e. The molecule has 0 spiro atoms. The van der Waals surface area contributed by atoms with Gasteiger partial charge in [-0.1, -0.05) is 0 Å². The first-order valence-electron chi connectivity index (χ1n) is 4.91. The zero-order valence-corrected chi connectivity index (χ0v) is 8.12. The normalized spacial score (nSPS) is 26.6. The fourth-order valence-electron chi connectivity index (χ4n) is 1.77. The predicted molar refractivity (Wildman–Crippen MR) is 50.3 cm³/mol. The molecule has 1 saturated heterocycles. The Labute approximate surface area is 86.5 Å². The molecule has 1 aliphatic heterocycles. The zero-order chi connectivity index (χ0) is 10.8. The van der Waals surface area contributed by atoms with Gasteiger partial charge in [-0.05, 0) is 24.1 Å². The van der Waals surface area contributed by atoms with Crippen LogP contribution in [0.3, 0.4) is 0 Å². The van der Waals surface area contributed by atoms with Crippen LogP contribution in [0.1, 0.15) is 24.5 Å². The van der Waals surface area contributed by atoms with Crippen molar-refractivity contribution in [3.05, 3.63) is 35.4 Å². The van der Waals surface area contributed by atoms with Crippen LogP contribution in [0.2, 0.25) is 0 Å². The van der Waals surface area contributed by atoms with Crippen LogP contribution in [-0.4, -0.2) is 17.8 Å². The Hall–Kier alpha value is -1.00. The lowest BCUT2D eigenvalue weighted by molar-refractivity contribution is -0.0450. The zero-order valence-electron chi connectivity index (χ0n) is 8.12. The van der Waals surface area contributed by atoms with Crippen LogP contribution in [-0.2, 0) is 4.74 Å². The highest BCUT2D eigenvalue weighted by Gasteiger charge is 2.23. The van der Waals surface area contributed by atoms with E-state index in [1.807, 2.05) is 0 Å². The summed E-state index contributed by atoms with van der Waals surface area (Å²) in [4.78, 5) is 0. The van der Waals surface area contributed by atoms with Crippen molar-refractivity contribution in [1.29, 1.82) is 0 Å². The summed E-state index contributed by atoms with van der Waals surface area (Å²) in [5, 5.41) is 9.41. The van der Waals surface area contributed by atoms with E-state index in [9.17, 15) is 13.9 Å². The molecule has 1 aromatic carbocycles. The van der Waals surface area contributed by atoms with Crippen molar-refractivity contribution in [2.45, 2.75) is 25.0 Å². The third-order valence-electron chi connectivity index (χ3n) is 2.51. The van der Waals surface area contributed by atoms with Gasteiger partial charge < -0.3 is 9.84 Å². The maximum atomic E-state index is 12.9. The fourth-order valence-corrected chi connectivity index (χ4v) is 1.77.